The molecular formula is C13H18N2O3. The Morgan fingerprint density at radius 1 is 1.33 bits per heavy atom. The molecule has 0 aliphatic rings. The van der Waals surface area contributed by atoms with E-state index in [1.807, 2.05) is 17.0 Å². The van der Waals surface area contributed by atoms with Crippen molar-refractivity contribution in [1.29, 1.82) is 5.26 Å². The van der Waals surface area contributed by atoms with Gasteiger partial charge >= 0.3 is 0 Å². The topological polar surface area (TPSA) is 65.7 Å². The highest BCUT2D eigenvalue weighted by Gasteiger charge is 2.10. The summed E-state index contributed by atoms with van der Waals surface area (Å²) in [5.41, 5.74) is 0.960. The Morgan fingerprint density at radius 2 is 2.11 bits per heavy atom. The fourth-order valence-electron chi connectivity index (χ4n) is 1.68. The molecule has 98 valence electrons. The number of methoxy groups -OCH3 is 2. The zero-order valence-corrected chi connectivity index (χ0v) is 10.7. The van der Waals surface area contributed by atoms with Crippen molar-refractivity contribution in [3.05, 3.63) is 23.8 Å². The molecule has 0 heterocycles. The summed E-state index contributed by atoms with van der Waals surface area (Å²) < 4.78 is 10.4. The van der Waals surface area contributed by atoms with Crippen LogP contribution in [0.2, 0.25) is 0 Å². The lowest BCUT2D eigenvalue weighted by Gasteiger charge is -2.19. The van der Waals surface area contributed by atoms with E-state index in [1.54, 1.807) is 20.3 Å². The number of benzene rings is 1. The van der Waals surface area contributed by atoms with Crippen molar-refractivity contribution in [2.24, 2.45) is 0 Å². The van der Waals surface area contributed by atoms with E-state index in [9.17, 15) is 0 Å². The smallest absolute Gasteiger partial charge is 0.127 e. The Bertz CT molecular complexity index is 415. The van der Waals surface area contributed by atoms with E-state index in [2.05, 4.69) is 6.07 Å². The van der Waals surface area contributed by atoms with Gasteiger partial charge in [0.2, 0.25) is 0 Å². The van der Waals surface area contributed by atoms with E-state index in [0.29, 0.717) is 13.1 Å². The molecule has 0 spiro atoms. The second-order valence-corrected chi connectivity index (χ2v) is 3.77. The molecule has 1 N–H and O–H groups in total. The first-order valence-corrected chi connectivity index (χ1v) is 5.66. The summed E-state index contributed by atoms with van der Waals surface area (Å²) in [4.78, 5) is 1.85. The third-order valence-electron chi connectivity index (χ3n) is 2.60. The third-order valence-corrected chi connectivity index (χ3v) is 2.60. The minimum Gasteiger partial charge on any atom is -0.497 e. The summed E-state index contributed by atoms with van der Waals surface area (Å²) in [6.07, 6.45) is 0. The number of hydrogen-bond donors (Lipinski definition) is 1. The molecule has 0 unspecified atom stereocenters. The third kappa shape index (κ3) is 3.91. The van der Waals surface area contributed by atoms with Gasteiger partial charge < -0.3 is 14.6 Å². The van der Waals surface area contributed by atoms with Gasteiger partial charge in [-0.1, -0.05) is 6.07 Å². The number of aliphatic hydroxyl groups excluding tert-OH is 1. The highest BCUT2D eigenvalue weighted by Crippen LogP contribution is 2.25. The van der Waals surface area contributed by atoms with Gasteiger partial charge in [-0.15, -0.1) is 0 Å². The quantitative estimate of drug-likeness (QED) is 0.732. The van der Waals surface area contributed by atoms with Gasteiger partial charge in [0, 0.05) is 24.7 Å². The zero-order valence-electron chi connectivity index (χ0n) is 10.7. The van der Waals surface area contributed by atoms with Crippen LogP contribution in [0, 0.1) is 11.3 Å². The highest BCUT2D eigenvalue weighted by molar-refractivity contribution is 5.40. The normalized spacial score (nSPS) is 10.2. The van der Waals surface area contributed by atoms with Gasteiger partial charge in [0.15, 0.2) is 0 Å². The second-order valence-electron chi connectivity index (χ2n) is 3.77. The molecule has 0 aromatic heterocycles. The van der Waals surface area contributed by atoms with Gasteiger partial charge in [0.05, 0.1) is 33.4 Å². The highest BCUT2D eigenvalue weighted by atomic mass is 16.5. The molecule has 0 saturated carbocycles. The molecule has 0 fully saturated rings. The van der Waals surface area contributed by atoms with Crippen LogP contribution in [0.1, 0.15) is 5.56 Å². The van der Waals surface area contributed by atoms with E-state index >= 15 is 0 Å². The Kier molecular flexibility index (Phi) is 5.98. The van der Waals surface area contributed by atoms with Crippen molar-refractivity contribution in [3.8, 4) is 17.6 Å². The van der Waals surface area contributed by atoms with Gasteiger partial charge in [0.25, 0.3) is 0 Å². The minimum atomic E-state index is 0.0279. The maximum absolute atomic E-state index is 8.95. The number of nitrogens with zero attached hydrogens (tertiary/aromatic N) is 2. The SMILES string of the molecule is COc1ccc(CN(CC#N)CCO)c(OC)c1. The fourth-order valence-corrected chi connectivity index (χ4v) is 1.68. The average Bonchev–Trinajstić information content (AvgIpc) is 2.39. The van der Waals surface area contributed by atoms with Crippen LogP contribution in [0.4, 0.5) is 0 Å². The number of aliphatic hydroxyl groups is 1. The molecule has 0 aliphatic carbocycles. The minimum absolute atomic E-state index is 0.0279. The molecule has 5 nitrogen and oxygen atoms in total. The van der Waals surface area contributed by atoms with Crippen molar-refractivity contribution in [2.75, 3.05) is 33.9 Å². The van der Waals surface area contributed by atoms with Crippen LogP contribution in [0.5, 0.6) is 11.5 Å². The van der Waals surface area contributed by atoms with Gasteiger partial charge in [-0.25, -0.2) is 0 Å². The predicted octanol–water partition coefficient (Wildman–Crippen LogP) is 1.02. The van der Waals surface area contributed by atoms with Crippen LogP contribution in [0.3, 0.4) is 0 Å². The van der Waals surface area contributed by atoms with Gasteiger partial charge in [0.1, 0.15) is 11.5 Å². The molecule has 0 aliphatic heterocycles. The van der Waals surface area contributed by atoms with Crippen LogP contribution in [0.25, 0.3) is 0 Å². The molecule has 0 bridgehead atoms. The molecule has 0 radical (unpaired) electrons. The van der Waals surface area contributed by atoms with Crippen LogP contribution in [-0.2, 0) is 6.54 Å². The Hall–Kier alpha value is -1.77. The summed E-state index contributed by atoms with van der Waals surface area (Å²) in [5.74, 6) is 1.44. The largest absolute Gasteiger partial charge is 0.497 e. The lowest BCUT2D eigenvalue weighted by Crippen LogP contribution is -2.27. The lowest BCUT2D eigenvalue weighted by atomic mass is 10.1. The van der Waals surface area contributed by atoms with Gasteiger partial charge in [-0.2, -0.15) is 5.26 Å². The summed E-state index contributed by atoms with van der Waals surface area (Å²) in [6, 6.07) is 7.64. The molecular weight excluding hydrogens is 232 g/mol. The van der Waals surface area contributed by atoms with Gasteiger partial charge in [-0.05, 0) is 6.07 Å². The molecule has 18 heavy (non-hydrogen) atoms. The first-order chi connectivity index (χ1) is 8.74. The van der Waals surface area contributed by atoms with E-state index in [1.165, 1.54) is 0 Å². The number of rotatable bonds is 7. The number of ether oxygens (including phenoxy) is 2. The second kappa shape index (κ2) is 7.54. The first-order valence-electron chi connectivity index (χ1n) is 5.66. The molecule has 5 heteroatoms. The van der Waals surface area contributed by atoms with Crippen LogP contribution in [0.15, 0.2) is 18.2 Å². The van der Waals surface area contributed by atoms with E-state index in [4.69, 9.17) is 19.8 Å². The Labute approximate surface area is 107 Å². The van der Waals surface area contributed by atoms with Crippen molar-refractivity contribution in [3.63, 3.8) is 0 Å². The number of hydrogen-bond acceptors (Lipinski definition) is 5. The van der Waals surface area contributed by atoms with Gasteiger partial charge in [-0.3, -0.25) is 4.90 Å². The van der Waals surface area contributed by atoms with Crippen LogP contribution < -0.4 is 9.47 Å². The maximum atomic E-state index is 8.95. The maximum Gasteiger partial charge on any atom is 0.127 e. The molecule has 1 aromatic rings. The van der Waals surface area contributed by atoms with Crippen molar-refractivity contribution in [2.45, 2.75) is 6.54 Å². The van der Waals surface area contributed by atoms with Crippen LogP contribution >= 0.6 is 0 Å². The van der Waals surface area contributed by atoms with E-state index < -0.39 is 0 Å². The standard InChI is InChI=1S/C13H18N2O3/c1-17-12-4-3-11(13(9-12)18-2)10-15(6-5-14)7-8-16/h3-4,9,16H,6-8,10H2,1-2H3. The lowest BCUT2D eigenvalue weighted by molar-refractivity contribution is 0.203. The van der Waals surface area contributed by atoms with Crippen molar-refractivity contribution < 1.29 is 14.6 Å². The molecule has 0 saturated heterocycles. The van der Waals surface area contributed by atoms with Crippen molar-refractivity contribution in [1.82, 2.24) is 4.90 Å². The monoisotopic (exact) mass is 250 g/mol. The molecule has 0 amide bonds. The van der Waals surface area contributed by atoms with E-state index in [0.717, 1.165) is 17.1 Å². The molecule has 0 atom stereocenters. The van der Waals surface area contributed by atoms with E-state index in [-0.39, 0.29) is 13.2 Å². The summed E-state index contributed by atoms with van der Waals surface area (Å²) in [7, 11) is 3.20. The van der Waals surface area contributed by atoms with Crippen molar-refractivity contribution >= 4 is 0 Å². The fraction of sp³-hybridized carbons (Fsp3) is 0.462. The Balaban J connectivity index is 2.84. The summed E-state index contributed by atoms with van der Waals surface area (Å²) >= 11 is 0. The number of nitriles is 1. The average molecular weight is 250 g/mol. The molecule has 1 aromatic carbocycles. The summed E-state index contributed by atoms with van der Waals surface area (Å²) in [5, 5.41) is 17.7. The predicted molar refractivity (Wildman–Crippen MR) is 67.5 cm³/mol. The van der Waals surface area contributed by atoms with Crippen LogP contribution in [-0.4, -0.2) is 43.9 Å². The summed E-state index contributed by atoms with van der Waals surface area (Å²) in [6.45, 7) is 1.32. The zero-order chi connectivity index (χ0) is 13.4. The first kappa shape index (κ1) is 14.3. The Morgan fingerprint density at radius 3 is 2.67 bits per heavy atom. The molecule has 1 rings (SSSR count).